The van der Waals surface area contributed by atoms with Gasteiger partial charge in [-0.1, -0.05) is 19.3 Å². The van der Waals surface area contributed by atoms with Crippen molar-refractivity contribution >= 4 is 11.9 Å². The first-order valence-corrected chi connectivity index (χ1v) is 4.06. The number of hydrogen-bond donors (Lipinski definition) is 2. The summed E-state index contributed by atoms with van der Waals surface area (Å²) in [5.41, 5.74) is -1.49. The summed E-state index contributed by atoms with van der Waals surface area (Å²) in [6, 6.07) is 0. The Labute approximate surface area is 75.7 Å². The third kappa shape index (κ3) is 1.98. The van der Waals surface area contributed by atoms with Crippen LogP contribution >= 0.6 is 0 Å². The zero-order chi connectivity index (χ0) is 9.19. The molecule has 5 nitrogen and oxygen atoms in total. The molecule has 0 aliphatic heterocycles. The topological polar surface area (TPSA) is 106 Å². The van der Waals surface area contributed by atoms with E-state index in [1.807, 2.05) is 0 Å². The highest BCUT2D eigenvalue weighted by Gasteiger charge is 2.46. The van der Waals surface area contributed by atoms with Crippen molar-refractivity contribution in [2.75, 3.05) is 0 Å². The minimum atomic E-state index is -1.49. The summed E-state index contributed by atoms with van der Waals surface area (Å²) >= 11 is 0. The Hall–Kier alpha value is -1.10. The van der Waals surface area contributed by atoms with Gasteiger partial charge in [-0.3, -0.25) is 9.59 Å². The molecule has 0 unspecified atom stereocenters. The molecule has 4 N–H and O–H groups in total. The first kappa shape index (κ1) is 11.9. The number of carboxylic acid groups (broad SMARTS) is 2. The van der Waals surface area contributed by atoms with Crippen molar-refractivity contribution in [3.63, 3.8) is 0 Å². The van der Waals surface area contributed by atoms with Crippen LogP contribution in [0.2, 0.25) is 0 Å². The Morgan fingerprint density at radius 1 is 0.923 bits per heavy atom. The van der Waals surface area contributed by atoms with E-state index in [0.29, 0.717) is 12.8 Å². The van der Waals surface area contributed by atoms with Crippen LogP contribution in [-0.4, -0.2) is 27.6 Å². The summed E-state index contributed by atoms with van der Waals surface area (Å²) in [6.07, 6.45) is 2.91. The van der Waals surface area contributed by atoms with Gasteiger partial charge in [0.25, 0.3) is 0 Å². The Morgan fingerprint density at radius 3 is 1.54 bits per heavy atom. The average molecular weight is 190 g/mol. The molecule has 0 amide bonds. The number of aliphatic carboxylic acids is 2. The summed E-state index contributed by atoms with van der Waals surface area (Å²) in [6.45, 7) is 0. The molecule has 1 aliphatic carbocycles. The highest BCUT2D eigenvalue weighted by atomic mass is 16.4. The van der Waals surface area contributed by atoms with Gasteiger partial charge in [-0.2, -0.15) is 0 Å². The van der Waals surface area contributed by atoms with Crippen LogP contribution in [0.3, 0.4) is 0 Å². The molecule has 0 bridgehead atoms. The molecular formula is C8H14O5. The van der Waals surface area contributed by atoms with E-state index in [-0.39, 0.29) is 18.3 Å². The lowest BCUT2D eigenvalue weighted by Gasteiger charge is -2.28. The Kier molecular flexibility index (Phi) is 3.87. The molecule has 76 valence electrons. The molecule has 0 radical (unpaired) electrons. The van der Waals surface area contributed by atoms with Gasteiger partial charge in [-0.05, 0) is 12.8 Å². The molecule has 0 saturated heterocycles. The molecule has 5 heteroatoms. The zero-order valence-corrected chi connectivity index (χ0v) is 7.25. The minimum Gasteiger partial charge on any atom is -0.480 e. The maximum atomic E-state index is 10.7. The molecule has 0 heterocycles. The molecule has 0 aromatic carbocycles. The van der Waals surface area contributed by atoms with Gasteiger partial charge >= 0.3 is 11.9 Å². The Morgan fingerprint density at radius 2 is 1.31 bits per heavy atom. The fourth-order valence-electron chi connectivity index (χ4n) is 1.67. The quantitative estimate of drug-likeness (QED) is 0.610. The normalized spacial score (nSPS) is 20.0. The van der Waals surface area contributed by atoms with Crippen molar-refractivity contribution in [1.29, 1.82) is 0 Å². The van der Waals surface area contributed by atoms with E-state index in [0.717, 1.165) is 6.42 Å². The molecule has 1 aliphatic rings. The molecule has 0 aromatic heterocycles. The summed E-state index contributed by atoms with van der Waals surface area (Å²) in [4.78, 5) is 21.5. The highest BCUT2D eigenvalue weighted by Crippen LogP contribution is 2.36. The molecule has 0 atom stereocenters. The summed E-state index contributed by atoms with van der Waals surface area (Å²) in [5.74, 6) is -2.37. The Balaban J connectivity index is 0.00000144. The van der Waals surface area contributed by atoms with Crippen LogP contribution in [0.25, 0.3) is 0 Å². The van der Waals surface area contributed by atoms with Crippen LogP contribution in [0.15, 0.2) is 0 Å². The lowest BCUT2D eigenvalue weighted by molar-refractivity contribution is -0.167. The lowest BCUT2D eigenvalue weighted by atomic mass is 9.74. The van der Waals surface area contributed by atoms with Gasteiger partial charge < -0.3 is 15.7 Å². The molecule has 1 saturated carbocycles. The smallest absolute Gasteiger partial charge is 0.321 e. The van der Waals surface area contributed by atoms with E-state index in [2.05, 4.69) is 0 Å². The van der Waals surface area contributed by atoms with E-state index in [1.165, 1.54) is 0 Å². The second kappa shape index (κ2) is 4.23. The number of rotatable bonds is 2. The molecule has 1 rings (SSSR count). The molecular weight excluding hydrogens is 176 g/mol. The third-order valence-electron chi connectivity index (χ3n) is 2.53. The number of carbonyl (C=O) groups is 2. The van der Waals surface area contributed by atoms with Gasteiger partial charge in [-0.15, -0.1) is 0 Å². The first-order valence-electron chi connectivity index (χ1n) is 4.06. The molecule has 0 spiro atoms. The second-order valence-corrected chi connectivity index (χ2v) is 3.25. The van der Waals surface area contributed by atoms with Crippen LogP contribution in [0.4, 0.5) is 0 Å². The zero-order valence-electron chi connectivity index (χ0n) is 7.25. The van der Waals surface area contributed by atoms with Gasteiger partial charge in [0.15, 0.2) is 5.41 Å². The van der Waals surface area contributed by atoms with E-state index < -0.39 is 17.4 Å². The predicted molar refractivity (Wildman–Crippen MR) is 44.4 cm³/mol. The van der Waals surface area contributed by atoms with Gasteiger partial charge in [-0.25, -0.2) is 0 Å². The summed E-state index contributed by atoms with van der Waals surface area (Å²) in [5, 5.41) is 17.6. The highest BCUT2D eigenvalue weighted by molar-refractivity contribution is 5.98. The van der Waals surface area contributed by atoms with E-state index in [1.54, 1.807) is 0 Å². The van der Waals surface area contributed by atoms with Crippen molar-refractivity contribution in [2.24, 2.45) is 5.41 Å². The molecule has 13 heavy (non-hydrogen) atoms. The lowest BCUT2D eigenvalue weighted by Crippen LogP contribution is -2.40. The first-order chi connectivity index (χ1) is 5.59. The monoisotopic (exact) mass is 190 g/mol. The third-order valence-corrected chi connectivity index (χ3v) is 2.53. The van der Waals surface area contributed by atoms with Crippen LogP contribution in [0.5, 0.6) is 0 Å². The maximum absolute atomic E-state index is 10.7. The molecule has 1 fully saturated rings. The summed E-state index contributed by atoms with van der Waals surface area (Å²) < 4.78 is 0. The van der Waals surface area contributed by atoms with Crippen LogP contribution in [-0.2, 0) is 9.59 Å². The van der Waals surface area contributed by atoms with Gasteiger partial charge in [0, 0.05) is 0 Å². The Bertz CT molecular complexity index is 189. The van der Waals surface area contributed by atoms with E-state index in [4.69, 9.17) is 10.2 Å². The second-order valence-electron chi connectivity index (χ2n) is 3.25. The van der Waals surface area contributed by atoms with Gasteiger partial charge in [0.1, 0.15) is 0 Å². The van der Waals surface area contributed by atoms with Crippen LogP contribution < -0.4 is 0 Å². The SMILES string of the molecule is O.O=C(O)C1(C(=O)O)CCCCC1. The predicted octanol–water partition coefficient (Wildman–Crippen LogP) is 0.281. The standard InChI is InChI=1S/C8H12O4.H2O/c9-6(10)8(7(11)12)4-2-1-3-5-8;/h1-5H2,(H,9,10)(H,11,12);1H2. The minimum absolute atomic E-state index is 0. The van der Waals surface area contributed by atoms with Gasteiger partial charge in [0.05, 0.1) is 0 Å². The van der Waals surface area contributed by atoms with E-state index >= 15 is 0 Å². The largest absolute Gasteiger partial charge is 0.480 e. The molecule has 0 aromatic rings. The van der Waals surface area contributed by atoms with E-state index in [9.17, 15) is 9.59 Å². The fraction of sp³-hybridized carbons (Fsp3) is 0.750. The van der Waals surface area contributed by atoms with Crippen LogP contribution in [0.1, 0.15) is 32.1 Å². The van der Waals surface area contributed by atoms with Gasteiger partial charge in [0.2, 0.25) is 0 Å². The number of carboxylic acids is 2. The average Bonchev–Trinajstić information content (AvgIpc) is 2.05. The van der Waals surface area contributed by atoms with Crippen molar-refractivity contribution in [1.82, 2.24) is 0 Å². The van der Waals surface area contributed by atoms with Crippen molar-refractivity contribution in [3.8, 4) is 0 Å². The van der Waals surface area contributed by atoms with Crippen LogP contribution in [0, 0.1) is 5.41 Å². The van der Waals surface area contributed by atoms with Crippen molar-refractivity contribution in [3.05, 3.63) is 0 Å². The fourth-order valence-corrected chi connectivity index (χ4v) is 1.67. The maximum Gasteiger partial charge on any atom is 0.321 e. The summed E-state index contributed by atoms with van der Waals surface area (Å²) in [7, 11) is 0. The van der Waals surface area contributed by atoms with Crippen molar-refractivity contribution in [2.45, 2.75) is 32.1 Å². The number of hydrogen-bond acceptors (Lipinski definition) is 2. The van der Waals surface area contributed by atoms with Crippen molar-refractivity contribution < 1.29 is 25.3 Å².